The lowest BCUT2D eigenvalue weighted by Gasteiger charge is -2.35. The molecule has 208 valence electrons. The Balaban J connectivity index is 1.27. The van der Waals surface area contributed by atoms with Crippen molar-refractivity contribution < 1.29 is 27.9 Å². The SMILES string of the molecule is CCOC(=O)N1CCN(C(=O)C(C)n2cc(NC(=O)c3cc4nc(C5CC5)cc(C(F)F)n4n3)c(C)n2)CC1. The van der Waals surface area contributed by atoms with E-state index in [0.717, 1.165) is 17.4 Å². The highest BCUT2D eigenvalue weighted by molar-refractivity contribution is 6.03. The number of fused-ring (bicyclic) bond motifs is 1. The molecule has 5 rings (SSSR count). The Morgan fingerprint density at radius 2 is 1.79 bits per heavy atom. The number of ether oxygens (including phenoxy) is 1. The van der Waals surface area contributed by atoms with Crippen LogP contribution in [0.3, 0.4) is 0 Å². The number of carbonyl (C=O) groups is 3. The predicted molar refractivity (Wildman–Crippen MR) is 135 cm³/mol. The number of aryl methyl sites for hydroxylation is 1. The molecule has 3 aromatic heterocycles. The van der Waals surface area contributed by atoms with Crippen LogP contribution in [0.15, 0.2) is 18.3 Å². The van der Waals surface area contributed by atoms with Crippen molar-refractivity contribution in [3.63, 3.8) is 0 Å². The molecule has 2 fully saturated rings. The number of piperazine rings is 1. The maximum absolute atomic E-state index is 13.7. The van der Waals surface area contributed by atoms with Gasteiger partial charge in [-0.25, -0.2) is 23.1 Å². The Morgan fingerprint density at radius 3 is 2.44 bits per heavy atom. The first kappa shape index (κ1) is 26.5. The normalized spacial score (nSPS) is 16.6. The average Bonchev–Trinajstić information content (AvgIpc) is 3.58. The van der Waals surface area contributed by atoms with Crippen LogP contribution in [0.1, 0.15) is 72.6 Å². The van der Waals surface area contributed by atoms with E-state index in [0.29, 0.717) is 49.9 Å². The molecule has 1 N–H and O–H groups in total. The van der Waals surface area contributed by atoms with Crippen molar-refractivity contribution >= 4 is 29.2 Å². The molecule has 1 saturated carbocycles. The average molecular weight is 545 g/mol. The van der Waals surface area contributed by atoms with E-state index in [9.17, 15) is 23.2 Å². The summed E-state index contributed by atoms with van der Waals surface area (Å²) in [6.07, 6.45) is 0.198. The van der Waals surface area contributed by atoms with Gasteiger partial charge in [-0.2, -0.15) is 10.2 Å². The first-order valence-corrected chi connectivity index (χ1v) is 12.9. The van der Waals surface area contributed by atoms with E-state index in [1.54, 1.807) is 36.8 Å². The summed E-state index contributed by atoms with van der Waals surface area (Å²) < 4.78 is 34.8. The standard InChI is InChI=1S/C25H30F2N8O4/c1-4-39-25(38)33-9-7-32(8-10-33)24(37)15(3)34-13-19(14(2)30-34)29-23(36)18-12-21-28-17(16-5-6-16)11-20(22(26)27)35(21)31-18/h11-13,15-16,22H,4-10H2,1-3H3,(H,29,36). The van der Waals surface area contributed by atoms with Gasteiger partial charge in [-0.1, -0.05) is 0 Å². The summed E-state index contributed by atoms with van der Waals surface area (Å²) in [4.78, 5) is 45.6. The minimum atomic E-state index is -2.77. The van der Waals surface area contributed by atoms with Crippen LogP contribution in [-0.2, 0) is 9.53 Å². The van der Waals surface area contributed by atoms with Crippen LogP contribution in [0.2, 0.25) is 0 Å². The molecule has 1 unspecified atom stereocenters. The van der Waals surface area contributed by atoms with E-state index >= 15 is 0 Å². The van der Waals surface area contributed by atoms with E-state index in [-0.39, 0.29) is 28.9 Å². The van der Waals surface area contributed by atoms with Gasteiger partial charge >= 0.3 is 6.09 Å². The molecular weight excluding hydrogens is 514 g/mol. The quantitative estimate of drug-likeness (QED) is 0.484. The molecule has 0 aromatic carbocycles. The highest BCUT2D eigenvalue weighted by Crippen LogP contribution is 2.40. The molecule has 1 atom stereocenters. The van der Waals surface area contributed by atoms with Crippen LogP contribution in [0.4, 0.5) is 19.3 Å². The number of hydrogen-bond acceptors (Lipinski definition) is 7. The van der Waals surface area contributed by atoms with Crippen molar-refractivity contribution in [3.8, 4) is 0 Å². The first-order valence-electron chi connectivity index (χ1n) is 12.9. The van der Waals surface area contributed by atoms with E-state index in [2.05, 4.69) is 20.5 Å². The van der Waals surface area contributed by atoms with Crippen LogP contribution in [0.25, 0.3) is 5.65 Å². The number of anilines is 1. The monoisotopic (exact) mass is 544 g/mol. The lowest BCUT2D eigenvalue weighted by Crippen LogP contribution is -2.52. The highest BCUT2D eigenvalue weighted by atomic mass is 19.3. The number of hydrogen-bond donors (Lipinski definition) is 1. The molecule has 3 aromatic rings. The molecule has 2 aliphatic rings. The zero-order valence-electron chi connectivity index (χ0n) is 21.9. The maximum atomic E-state index is 13.7. The van der Waals surface area contributed by atoms with Crippen LogP contribution in [0.5, 0.6) is 0 Å². The number of nitrogens with one attached hydrogen (secondary N) is 1. The third-order valence-corrected chi connectivity index (χ3v) is 6.96. The fourth-order valence-corrected chi connectivity index (χ4v) is 4.56. The van der Waals surface area contributed by atoms with Crippen LogP contribution in [-0.4, -0.2) is 84.9 Å². The molecule has 39 heavy (non-hydrogen) atoms. The summed E-state index contributed by atoms with van der Waals surface area (Å²) in [6.45, 7) is 6.91. The highest BCUT2D eigenvalue weighted by Gasteiger charge is 2.30. The second-order valence-corrected chi connectivity index (χ2v) is 9.73. The van der Waals surface area contributed by atoms with Crippen LogP contribution >= 0.6 is 0 Å². The van der Waals surface area contributed by atoms with Crippen molar-refractivity contribution in [2.24, 2.45) is 0 Å². The second kappa shape index (κ2) is 10.6. The van der Waals surface area contributed by atoms with Crippen molar-refractivity contribution in [1.29, 1.82) is 0 Å². The molecular formula is C25H30F2N8O4. The van der Waals surface area contributed by atoms with Crippen molar-refractivity contribution in [2.45, 2.75) is 52.0 Å². The summed E-state index contributed by atoms with van der Waals surface area (Å²) in [6, 6.07) is 2.08. The molecule has 14 heteroatoms. The lowest BCUT2D eigenvalue weighted by atomic mass is 10.2. The number of rotatable bonds is 7. The van der Waals surface area contributed by atoms with Gasteiger partial charge in [-0.3, -0.25) is 14.3 Å². The Labute approximate surface area is 222 Å². The number of alkyl halides is 2. The third kappa shape index (κ3) is 5.40. The number of nitrogens with zero attached hydrogens (tertiary/aromatic N) is 7. The van der Waals surface area contributed by atoms with E-state index in [4.69, 9.17) is 4.74 Å². The summed E-state index contributed by atoms with van der Waals surface area (Å²) >= 11 is 0. The van der Waals surface area contributed by atoms with E-state index < -0.39 is 24.5 Å². The van der Waals surface area contributed by atoms with Gasteiger partial charge in [0.1, 0.15) is 11.7 Å². The zero-order chi connectivity index (χ0) is 27.8. The molecule has 1 aliphatic heterocycles. The maximum Gasteiger partial charge on any atom is 0.409 e. The molecule has 4 heterocycles. The Hall–Kier alpha value is -4.10. The molecule has 3 amide bonds. The zero-order valence-corrected chi connectivity index (χ0v) is 21.9. The summed E-state index contributed by atoms with van der Waals surface area (Å²) in [5.74, 6) is -0.610. The minimum absolute atomic E-state index is 0.0620. The number of carbonyl (C=O) groups excluding carboxylic acids is 3. The molecule has 0 radical (unpaired) electrons. The van der Waals surface area contributed by atoms with Gasteiger partial charge in [0.05, 0.1) is 18.0 Å². The Bertz CT molecular complexity index is 1410. The largest absolute Gasteiger partial charge is 0.450 e. The molecule has 12 nitrogen and oxygen atoms in total. The Morgan fingerprint density at radius 1 is 1.10 bits per heavy atom. The van der Waals surface area contributed by atoms with Gasteiger partial charge in [-0.05, 0) is 39.7 Å². The third-order valence-electron chi connectivity index (χ3n) is 6.96. The minimum Gasteiger partial charge on any atom is -0.450 e. The Kier molecular flexibility index (Phi) is 7.19. The van der Waals surface area contributed by atoms with Gasteiger partial charge in [0.25, 0.3) is 12.3 Å². The topological polar surface area (TPSA) is 127 Å². The second-order valence-electron chi connectivity index (χ2n) is 9.73. The van der Waals surface area contributed by atoms with Gasteiger partial charge in [-0.15, -0.1) is 0 Å². The van der Waals surface area contributed by atoms with Gasteiger partial charge in [0, 0.05) is 50.1 Å². The van der Waals surface area contributed by atoms with Crippen molar-refractivity contribution in [3.05, 3.63) is 41.1 Å². The summed E-state index contributed by atoms with van der Waals surface area (Å²) in [7, 11) is 0. The molecule has 0 bridgehead atoms. The molecule has 1 aliphatic carbocycles. The number of aromatic nitrogens is 5. The summed E-state index contributed by atoms with van der Waals surface area (Å²) in [5.41, 5.74) is 1.25. The lowest BCUT2D eigenvalue weighted by molar-refractivity contribution is -0.136. The van der Waals surface area contributed by atoms with Crippen molar-refractivity contribution in [2.75, 3.05) is 38.1 Å². The van der Waals surface area contributed by atoms with Gasteiger partial charge in [0.15, 0.2) is 11.3 Å². The fraction of sp³-hybridized carbons (Fsp3) is 0.520. The van der Waals surface area contributed by atoms with E-state index in [1.165, 1.54) is 16.8 Å². The molecule has 0 spiro atoms. The van der Waals surface area contributed by atoms with Crippen LogP contribution < -0.4 is 5.32 Å². The smallest absolute Gasteiger partial charge is 0.409 e. The predicted octanol–water partition coefficient (Wildman–Crippen LogP) is 3.16. The fourth-order valence-electron chi connectivity index (χ4n) is 4.56. The van der Waals surface area contributed by atoms with Gasteiger partial charge < -0.3 is 19.9 Å². The number of halogens is 2. The van der Waals surface area contributed by atoms with Crippen molar-refractivity contribution in [1.82, 2.24) is 34.2 Å². The van der Waals surface area contributed by atoms with E-state index in [1.807, 2.05) is 0 Å². The number of amides is 3. The van der Waals surface area contributed by atoms with Crippen LogP contribution in [0, 0.1) is 6.92 Å². The first-order chi connectivity index (χ1) is 18.7. The summed E-state index contributed by atoms with van der Waals surface area (Å²) in [5, 5.41) is 11.2. The molecule has 1 saturated heterocycles. The van der Waals surface area contributed by atoms with Gasteiger partial charge in [0.2, 0.25) is 5.91 Å².